The van der Waals surface area contributed by atoms with Crippen molar-refractivity contribution < 1.29 is 17.9 Å². The number of rotatable bonds is 1. The minimum atomic E-state index is -4.72. The first kappa shape index (κ1) is 12.9. The van der Waals surface area contributed by atoms with Gasteiger partial charge in [-0.15, -0.1) is 13.2 Å². The second-order valence-electron chi connectivity index (χ2n) is 4.81. The van der Waals surface area contributed by atoms with E-state index in [1.165, 1.54) is 18.2 Å². The second-order valence-corrected chi connectivity index (χ2v) is 4.81. The van der Waals surface area contributed by atoms with Crippen LogP contribution in [0.1, 0.15) is 0 Å². The van der Waals surface area contributed by atoms with E-state index in [1.54, 1.807) is 18.3 Å². The van der Waals surface area contributed by atoms with Crippen LogP contribution < -0.4 is 4.74 Å². The van der Waals surface area contributed by atoms with Gasteiger partial charge in [-0.2, -0.15) is 0 Å². The lowest BCUT2D eigenvalue weighted by Crippen LogP contribution is -2.16. The van der Waals surface area contributed by atoms with Crippen LogP contribution in [-0.4, -0.2) is 21.3 Å². The van der Waals surface area contributed by atoms with Crippen molar-refractivity contribution in [3.63, 3.8) is 0 Å². The number of nitrogens with one attached hydrogen (secondary N) is 1. The van der Waals surface area contributed by atoms with E-state index in [0.29, 0.717) is 33.0 Å². The average Bonchev–Trinajstić information content (AvgIpc) is 2.80. The fourth-order valence-electron chi connectivity index (χ4n) is 2.48. The summed E-state index contributed by atoms with van der Waals surface area (Å²) in [6, 6.07) is 9.55. The third-order valence-corrected chi connectivity index (χ3v) is 3.35. The highest BCUT2D eigenvalue weighted by Gasteiger charge is 2.31. The third-order valence-electron chi connectivity index (χ3n) is 3.35. The van der Waals surface area contributed by atoms with E-state index in [4.69, 9.17) is 0 Å². The summed E-state index contributed by atoms with van der Waals surface area (Å²) >= 11 is 0. The Labute approximate surface area is 121 Å². The van der Waals surface area contributed by atoms with E-state index in [-0.39, 0.29) is 5.75 Å². The summed E-state index contributed by atoms with van der Waals surface area (Å²) in [6.45, 7) is 0. The highest BCUT2D eigenvalue weighted by Crippen LogP contribution is 2.31. The smallest absolute Gasteiger partial charge is 0.406 e. The fraction of sp³-hybridized carbons (Fsp3) is 0.0667. The van der Waals surface area contributed by atoms with Crippen LogP contribution in [0, 0.1) is 0 Å². The van der Waals surface area contributed by atoms with E-state index in [2.05, 4.69) is 19.7 Å². The van der Waals surface area contributed by atoms with Crippen LogP contribution in [-0.2, 0) is 0 Å². The molecule has 4 nitrogen and oxygen atoms in total. The number of ether oxygens (including phenoxy) is 1. The molecular weight excluding hydrogens is 295 g/mol. The van der Waals surface area contributed by atoms with Crippen LogP contribution in [0.4, 0.5) is 13.2 Å². The van der Waals surface area contributed by atoms with Crippen LogP contribution in [0.25, 0.3) is 33.0 Å². The largest absolute Gasteiger partial charge is 0.573 e. The topological polar surface area (TPSA) is 50.8 Å². The van der Waals surface area contributed by atoms with Gasteiger partial charge in [-0.05, 0) is 36.4 Å². The molecule has 1 aromatic carbocycles. The van der Waals surface area contributed by atoms with E-state index >= 15 is 0 Å². The van der Waals surface area contributed by atoms with E-state index in [9.17, 15) is 13.2 Å². The van der Waals surface area contributed by atoms with Crippen LogP contribution in [0.5, 0.6) is 5.75 Å². The number of nitrogens with zero attached hydrogens (tertiary/aromatic N) is 2. The number of alkyl halides is 3. The van der Waals surface area contributed by atoms with E-state index in [0.717, 1.165) is 0 Å². The molecule has 0 bridgehead atoms. The summed E-state index contributed by atoms with van der Waals surface area (Å²) in [4.78, 5) is 11.7. The number of fused-ring (bicyclic) bond motifs is 4. The van der Waals surface area contributed by atoms with Gasteiger partial charge in [-0.25, -0.2) is 4.98 Å². The van der Waals surface area contributed by atoms with Gasteiger partial charge in [-0.3, -0.25) is 4.98 Å². The van der Waals surface area contributed by atoms with Gasteiger partial charge in [0.2, 0.25) is 0 Å². The second kappa shape index (κ2) is 4.33. The minimum absolute atomic E-state index is 0.262. The molecule has 0 unspecified atom stereocenters. The molecule has 0 atom stereocenters. The number of hydrogen-bond acceptors (Lipinski definition) is 3. The molecule has 110 valence electrons. The van der Waals surface area contributed by atoms with Gasteiger partial charge in [0.15, 0.2) is 0 Å². The molecule has 0 amide bonds. The number of pyridine rings is 2. The van der Waals surface area contributed by atoms with Crippen LogP contribution >= 0.6 is 0 Å². The molecule has 0 fully saturated rings. The number of aromatic amines is 1. The molecule has 3 aromatic heterocycles. The number of H-pyrrole nitrogens is 1. The first-order valence-corrected chi connectivity index (χ1v) is 6.42. The summed E-state index contributed by atoms with van der Waals surface area (Å²) in [5.74, 6) is -0.262. The summed E-state index contributed by atoms with van der Waals surface area (Å²) in [5, 5.41) is 1.31. The predicted molar refractivity (Wildman–Crippen MR) is 75.6 cm³/mol. The maximum absolute atomic E-state index is 12.3. The van der Waals surface area contributed by atoms with Gasteiger partial charge in [0, 0.05) is 22.5 Å². The van der Waals surface area contributed by atoms with Crippen LogP contribution in [0.15, 0.2) is 42.6 Å². The van der Waals surface area contributed by atoms with Gasteiger partial charge in [0.25, 0.3) is 0 Å². The summed E-state index contributed by atoms with van der Waals surface area (Å²) in [7, 11) is 0. The molecule has 3 heterocycles. The Balaban J connectivity index is 1.98. The number of halogens is 3. The Morgan fingerprint density at radius 3 is 2.68 bits per heavy atom. The predicted octanol–water partition coefficient (Wildman–Crippen LogP) is 4.16. The van der Waals surface area contributed by atoms with Gasteiger partial charge in [0.05, 0.1) is 11.0 Å². The van der Waals surface area contributed by atoms with Gasteiger partial charge < -0.3 is 9.72 Å². The SMILES string of the molecule is FC(F)(F)Oc1ccc2[nH]c3nc4cccnc4cc3c2c1. The molecule has 4 rings (SSSR count). The average molecular weight is 303 g/mol. The van der Waals surface area contributed by atoms with Crippen LogP contribution in [0.2, 0.25) is 0 Å². The van der Waals surface area contributed by atoms with Crippen molar-refractivity contribution in [2.24, 2.45) is 0 Å². The lowest BCUT2D eigenvalue weighted by Gasteiger charge is -2.08. The van der Waals surface area contributed by atoms with Gasteiger partial charge >= 0.3 is 6.36 Å². The molecule has 0 spiro atoms. The van der Waals surface area contributed by atoms with Crippen molar-refractivity contribution >= 4 is 33.0 Å². The minimum Gasteiger partial charge on any atom is -0.406 e. The Kier molecular flexibility index (Phi) is 2.53. The highest BCUT2D eigenvalue weighted by molar-refractivity contribution is 6.09. The normalized spacial score (nSPS) is 12.3. The van der Waals surface area contributed by atoms with Crippen molar-refractivity contribution in [2.45, 2.75) is 6.36 Å². The molecule has 0 radical (unpaired) electrons. The van der Waals surface area contributed by atoms with Crippen molar-refractivity contribution in [3.8, 4) is 5.75 Å². The quantitative estimate of drug-likeness (QED) is 0.574. The Hall–Kier alpha value is -2.83. The van der Waals surface area contributed by atoms with E-state index < -0.39 is 6.36 Å². The highest BCUT2D eigenvalue weighted by atomic mass is 19.4. The zero-order valence-corrected chi connectivity index (χ0v) is 11.0. The third kappa shape index (κ3) is 2.11. The standard InChI is InChI=1S/C15H8F3N3O/c16-15(17,18)22-8-3-4-11-9(6-8)10-7-13-12(2-1-5-19-13)21-14(10)20-11/h1-7H,(H,20,21). The maximum atomic E-state index is 12.3. The van der Waals surface area contributed by atoms with Gasteiger partial charge in [0.1, 0.15) is 11.4 Å². The molecule has 0 aliphatic carbocycles. The van der Waals surface area contributed by atoms with Crippen molar-refractivity contribution in [1.29, 1.82) is 0 Å². The number of hydrogen-bond donors (Lipinski definition) is 1. The first-order valence-electron chi connectivity index (χ1n) is 6.42. The summed E-state index contributed by atoms with van der Waals surface area (Å²) in [6.07, 6.45) is -3.07. The fourth-order valence-corrected chi connectivity index (χ4v) is 2.48. The maximum Gasteiger partial charge on any atom is 0.573 e. The first-order chi connectivity index (χ1) is 10.5. The molecular formula is C15H8F3N3O. The molecule has 7 heteroatoms. The molecule has 0 saturated heterocycles. The van der Waals surface area contributed by atoms with Crippen molar-refractivity contribution in [1.82, 2.24) is 15.0 Å². The Bertz CT molecular complexity index is 1010. The lowest BCUT2D eigenvalue weighted by molar-refractivity contribution is -0.274. The van der Waals surface area contributed by atoms with Crippen molar-refractivity contribution in [3.05, 3.63) is 42.6 Å². The monoisotopic (exact) mass is 303 g/mol. The molecule has 0 aliphatic heterocycles. The summed E-state index contributed by atoms with van der Waals surface area (Å²) in [5.41, 5.74) is 2.68. The molecule has 1 N–H and O–H groups in total. The number of benzene rings is 1. The molecule has 22 heavy (non-hydrogen) atoms. The van der Waals surface area contributed by atoms with Crippen molar-refractivity contribution in [2.75, 3.05) is 0 Å². The molecule has 0 saturated carbocycles. The lowest BCUT2D eigenvalue weighted by atomic mass is 10.1. The zero-order valence-electron chi connectivity index (χ0n) is 11.0. The zero-order chi connectivity index (χ0) is 15.3. The molecule has 0 aliphatic rings. The summed E-state index contributed by atoms with van der Waals surface area (Å²) < 4.78 is 41.0. The van der Waals surface area contributed by atoms with Gasteiger partial charge in [-0.1, -0.05) is 0 Å². The Morgan fingerprint density at radius 1 is 1.00 bits per heavy atom. The Morgan fingerprint density at radius 2 is 1.86 bits per heavy atom. The molecule has 4 aromatic rings. The number of aromatic nitrogens is 3. The van der Waals surface area contributed by atoms with Crippen LogP contribution in [0.3, 0.4) is 0 Å². The van der Waals surface area contributed by atoms with E-state index in [1.807, 2.05) is 6.07 Å².